The van der Waals surface area contributed by atoms with Crippen LogP contribution in [0.2, 0.25) is 0 Å². The summed E-state index contributed by atoms with van der Waals surface area (Å²) in [6.07, 6.45) is 2.92. The molecule has 0 bridgehead atoms. The lowest BCUT2D eigenvalue weighted by atomic mass is 10.1. The van der Waals surface area contributed by atoms with Crippen molar-refractivity contribution in [2.75, 3.05) is 6.54 Å². The van der Waals surface area contributed by atoms with Crippen molar-refractivity contribution in [2.24, 2.45) is 0 Å². The van der Waals surface area contributed by atoms with Crippen LogP contribution >= 0.6 is 0 Å². The number of hydrogen-bond donors (Lipinski definition) is 1. The zero-order valence-electron chi connectivity index (χ0n) is 7.56. The van der Waals surface area contributed by atoms with Gasteiger partial charge in [-0.1, -0.05) is 18.2 Å². The van der Waals surface area contributed by atoms with Crippen molar-refractivity contribution < 1.29 is 4.92 Å². The molecular formula is C10H10N2O2. The van der Waals surface area contributed by atoms with Crippen molar-refractivity contribution in [3.8, 4) is 0 Å². The van der Waals surface area contributed by atoms with E-state index < -0.39 is 0 Å². The summed E-state index contributed by atoms with van der Waals surface area (Å²) in [5.41, 5.74) is 1.71. The molecule has 1 aromatic rings. The van der Waals surface area contributed by atoms with Crippen molar-refractivity contribution in [2.45, 2.75) is 6.42 Å². The number of nitrogens with one attached hydrogen (secondary N) is 1. The van der Waals surface area contributed by atoms with E-state index in [9.17, 15) is 10.1 Å². The maximum Gasteiger partial charge on any atom is 0.278 e. The molecular weight excluding hydrogens is 180 g/mol. The number of benzene rings is 1. The highest BCUT2D eigenvalue weighted by Crippen LogP contribution is 2.25. The smallest absolute Gasteiger partial charge is 0.278 e. The van der Waals surface area contributed by atoms with Crippen LogP contribution in [0.1, 0.15) is 12.0 Å². The van der Waals surface area contributed by atoms with Gasteiger partial charge in [0.2, 0.25) is 0 Å². The third-order valence-corrected chi connectivity index (χ3v) is 2.20. The van der Waals surface area contributed by atoms with Crippen LogP contribution in [-0.4, -0.2) is 11.5 Å². The molecule has 0 saturated heterocycles. The Morgan fingerprint density at radius 1 is 1.36 bits per heavy atom. The molecule has 0 amide bonds. The first-order valence-electron chi connectivity index (χ1n) is 4.47. The Morgan fingerprint density at radius 2 is 2.14 bits per heavy atom. The molecule has 0 aromatic heterocycles. The van der Waals surface area contributed by atoms with E-state index in [0.717, 1.165) is 18.7 Å². The van der Waals surface area contributed by atoms with Crippen LogP contribution in [-0.2, 0) is 0 Å². The van der Waals surface area contributed by atoms with Crippen LogP contribution in [0.3, 0.4) is 0 Å². The summed E-state index contributed by atoms with van der Waals surface area (Å²) in [6.45, 7) is 0.862. The monoisotopic (exact) mass is 190 g/mol. The summed E-state index contributed by atoms with van der Waals surface area (Å²) in [5, 5.41) is 13.9. The van der Waals surface area contributed by atoms with Gasteiger partial charge in [-0.25, -0.2) is 0 Å². The van der Waals surface area contributed by atoms with Crippen molar-refractivity contribution >= 4 is 11.4 Å². The van der Waals surface area contributed by atoms with Gasteiger partial charge in [0.05, 0.1) is 10.5 Å². The van der Waals surface area contributed by atoms with Crippen LogP contribution in [0.4, 0.5) is 5.69 Å². The Balaban J connectivity index is 2.46. The van der Waals surface area contributed by atoms with E-state index in [4.69, 9.17) is 0 Å². The highest BCUT2D eigenvalue weighted by atomic mass is 16.6. The Labute approximate surface area is 81.4 Å². The van der Waals surface area contributed by atoms with E-state index in [2.05, 4.69) is 5.32 Å². The van der Waals surface area contributed by atoms with Gasteiger partial charge in [0.1, 0.15) is 0 Å². The molecule has 0 saturated carbocycles. The molecule has 1 N–H and O–H groups in total. The lowest BCUT2D eigenvalue weighted by molar-refractivity contribution is -0.385. The Hall–Kier alpha value is -1.84. The van der Waals surface area contributed by atoms with Gasteiger partial charge in [-0.3, -0.25) is 10.1 Å². The number of nitro groups is 1. The Kier molecular flexibility index (Phi) is 2.18. The molecule has 0 unspecified atom stereocenters. The van der Waals surface area contributed by atoms with Crippen molar-refractivity contribution in [3.05, 3.63) is 46.0 Å². The predicted octanol–water partition coefficient (Wildman–Crippen LogP) is 1.93. The summed E-state index contributed by atoms with van der Waals surface area (Å²) >= 11 is 0. The van der Waals surface area contributed by atoms with Crippen LogP contribution in [0.5, 0.6) is 0 Å². The highest BCUT2D eigenvalue weighted by molar-refractivity contribution is 5.72. The molecule has 2 rings (SSSR count). The molecule has 0 atom stereocenters. The molecule has 72 valence electrons. The largest absolute Gasteiger partial charge is 0.384 e. The molecule has 1 aliphatic rings. The minimum atomic E-state index is -0.351. The molecule has 4 nitrogen and oxygen atoms in total. The standard InChI is InChI=1S/C10H10N2O2/c13-12(14)10-6-2-1-4-8(10)9-5-3-7-11-9/h1-2,4-6,11H,3,7H2. The average molecular weight is 190 g/mol. The van der Waals surface area contributed by atoms with E-state index in [1.807, 2.05) is 12.1 Å². The van der Waals surface area contributed by atoms with Gasteiger partial charge < -0.3 is 5.32 Å². The Morgan fingerprint density at radius 3 is 2.79 bits per heavy atom. The van der Waals surface area contributed by atoms with Gasteiger partial charge in [0.15, 0.2) is 0 Å². The second-order valence-electron chi connectivity index (χ2n) is 3.11. The number of rotatable bonds is 2. The first kappa shape index (κ1) is 8.74. The van der Waals surface area contributed by atoms with Crippen molar-refractivity contribution in [1.82, 2.24) is 5.32 Å². The molecule has 1 heterocycles. The SMILES string of the molecule is O=[N+]([O-])c1ccccc1C1=CCCN1. The van der Waals surface area contributed by atoms with Crippen LogP contribution in [0.25, 0.3) is 5.70 Å². The predicted molar refractivity (Wildman–Crippen MR) is 53.7 cm³/mol. The normalized spacial score (nSPS) is 14.7. The maximum absolute atomic E-state index is 10.7. The van der Waals surface area contributed by atoms with Gasteiger partial charge >= 0.3 is 0 Å². The highest BCUT2D eigenvalue weighted by Gasteiger charge is 2.17. The lowest BCUT2D eigenvalue weighted by Crippen LogP contribution is -2.07. The second kappa shape index (κ2) is 3.49. The fourth-order valence-electron chi connectivity index (χ4n) is 1.56. The van der Waals surface area contributed by atoms with Gasteiger partial charge in [0, 0.05) is 18.3 Å². The zero-order chi connectivity index (χ0) is 9.97. The van der Waals surface area contributed by atoms with E-state index in [1.54, 1.807) is 12.1 Å². The first-order valence-corrected chi connectivity index (χ1v) is 4.47. The third kappa shape index (κ3) is 1.46. The maximum atomic E-state index is 10.7. The summed E-state index contributed by atoms with van der Waals surface area (Å²) in [4.78, 5) is 10.4. The fourth-order valence-corrected chi connectivity index (χ4v) is 1.56. The van der Waals surface area contributed by atoms with Gasteiger partial charge in [-0.15, -0.1) is 0 Å². The molecule has 0 aliphatic carbocycles. The minimum absolute atomic E-state index is 0.160. The van der Waals surface area contributed by atoms with Crippen molar-refractivity contribution in [1.29, 1.82) is 0 Å². The fraction of sp³-hybridized carbons (Fsp3) is 0.200. The Bertz CT molecular complexity index is 399. The molecule has 1 aliphatic heterocycles. The molecule has 14 heavy (non-hydrogen) atoms. The van der Waals surface area contributed by atoms with Crippen LogP contribution in [0, 0.1) is 10.1 Å². The molecule has 0 radical (unpaired) electrons. The number of nitro benzene ring substituents is 1. The van der Waals surface area contributed by atoms with E-state index in [0.29, 0.717) is 5.56 Å². The van der Waals surface area contributed by atoms with Crippen LogP contribution in [0.15, 0.2) is 30.3 Å². The topological polar surface area (TPSA) is 55.2 Å². The van der Waals surface area contributed by atoms with E-state index in [1.165, 1.54) is 6.07 Å². The van der Waals surface area contributed by atoms with E-state index >= 15 is 0 Å². The van der Waals surface area contributed by atoms with Gasteiger partial charge in [-0.2, -0.15) is 0 Å². The average Bonchev–Trinajstić information content (AvgIpc) is 2.70. The molecule has 1 aromatic carbocycles. The zero-order valence-corrected chi connectivity index (χ0v) is 7.56. The third-order valence-electron chi connectivity index (χ3n) is 2.20. The number of para-hydroxylation sites is 1. The molecule has 0 fully saturated rings. The summed E-state index contributed by atoms with van der Waals surface area (Å²) in [6, 6.07) is 6.78. The van der Waals surface area contributed by atoms with Crippen molar-refractivity contribution in [3.63, 3.8) is 0 Å². The number of hydrogen-bond acceptors (Lipinski definition) is 3. The number of nitrogens with zero attached hydrogens (tertiary/aromatic N) is 1. The quantitative estimate of drug-likeness (QED) is 0.572. The lowest BCUT2D eigenvalue weighted by Gasteiger charge is -2.04. The summed E-state index contributed by atoms with van der Waals surface area (Å²) in [7, 11) is 0. The molecule has 4 heteroatoms. The minimum Gasteiger partial charge on any atom is -0.384 e. The summed E-state index contributed by atoms with van der Waals surface area (Å²) in [5.74, 6) is 0. The molecule has 0 spiro atoms. The van der Waals surface area contributed by atoms with Gasteiger partial charge in [-0.05, 0) is 12.5 Å². The summed E-state index contributed by atoms with van der Waals surface area (Å²) < 4.78 is 0. The van der Waals surface area contributed by atoms with E-state index in [-0.39, 0.29) is 10.6 Å². The second-order valence-corrected chi connectivity index (χ2v) is 3.11. The van der Waals surface area contributed by atoms with Gasteiger partial charge in [0.25, 0.3) is 5.69 Å². The van der Waals surface area contributed by atoms with Crippen LogP contribution < -0.4 is 5.32 Å². The first-order chi connectivity index (χ1) is 6.79.